The molecule has 0 saturated carbocycles. The van der Waals surface area contributed by atoms with E-state index in [-0.39, 0.29) is 6.10 Å². The first-order chi connectivity index (χ1) is 11.2. The molecule has 124 valence electrons. The molecular weight excluding hydrogens is 312 g/mol. The molecule has 1 saturated heterocycles. The second-order valence-electron chi connectivity index (χ2n) is 5.62. The van der Waals surface area contributed by atoms with E-state index >= 15 is 0 Å². The highest BCUT2D eigenvalue weighted by Gasteiger charge is 2.21. The first kappa shape index (κ1) is 16.2. The van der Waals surface area contributed by atoms with E-state index in [1.807, 2.05) is 25.1 Å². The van der Waals surface area contributed by atoms with E-state index in [0.717, 1.165) is 53.8 Å². The Morgan fingerprint density at radius 3 is 2.96 bits per heavy atom. The molecule has 0 radical (unpaired) electrons. The zero-order valence-corrected chi connectivity index (χ0v) is 14.3. The van der Waals surface area contributed by atoms with Gasteiger partial charge < -0.3 is 14.6 Å². The summed E-state index contributed by atoms with van der Waals surface area (Å²) in [4.78, 5) is 6.96. The lowest BCUT2D eigenvalue weighted by atomic mass is 10.2. The zero-order chi connectivity index (χ0) is 16.2. The van der Waals surface area contributed by atoms with E-state index in [9.17, 15) is 5.11 Å². The Labute approximate surface area is 140 Å². The number of β-amino-alcohol motifs (C(OH)–C–C–N with tert-alkyl or cyclic N) is 1. The molecule has 1 aromatic heterocycles. The van der Waals surface area contributed by atoms with Crippen LogP contribution < -0.4 is 9.47 Å². The molecule has 1 fully saturated rings. The van der Waals surface area contributed by atoms with Crippen molar-refractivity contribution < 1.29 is 14.6 Å². The van der Waals surface area contributed by atoms with Gasteiger partial charge in [0.2, 0.25) is 0 Å². The van der Waals surface area contributed by atoms with Gasteiger partial charge in [-0.1, -0.05) is 0 Å². The maximum absolute atomic E-state index is 9.60. The molecule has 1 aromatic carbocycles. The van der Waals surface area contributed by atoms with Gasteiger partial charge in [0.25, 0.3) is 0 Å². The number of thiazole rings is 1. The first-order valence-corrected chi connectivity index (χ1v) is 8.73. The number of nitrogens with zero attached hydrogens (tertiary/aromatic N) is 2. The van der Waals surface area contributed by atoms with E-state index in [1.54, 1.807) is 18.4 Å². The summed E-state index contributed by atoms with van der Waals surface area (Å²) in [6.07, 6.45) is 0.663. The number of aliphatic hydroxyl groups is 1. The van der Waals surface area contributed by atoms with E-state index in [1.165, 1.54) is 0 Å². The molecule has 5 nitrogen and oxygen atoms in total. The van der Waals surface area contributed by atoms with Crippen LogP contribution in [0.2, 0.25) is 0 Å². The third kappa shape index (κ3) is 3.83. The number of hydrogen-bond acceptors (Lipinski definition) is 6. The number of ether oxygens (including phenoxy) is 2. The second-order valence-corrected chi connectivity index (χ2v) is 6.48. The van der Waals surface area contributed by atoms with Crippen LogP contribution in [0, 0.1) is 0 Å². The van der Waals surface area contributed by atoms with E-state index in [4.69, 9.17) is 14.5 Å². The van der Waals surface area contributed by atoms with Gasteiger partial charge in [-0.25, -0.2) is 4.98 Å². The topological polar surface area (TPSA) is 54.8 Å². The van der Waals surface area contributed by atoms with Crippen molar-refractivity contribution in [3.8, 4) is 22.1 Å². The smallest absolute Gasteiger partial charge is 0.161 e. The molecule has 1 N–H and O–H groups in total. The Morgan fingerprint density at radius 1 is 1.39 bits per heavy atom. The molecule has 2 heterocycles. The highest BCUT2D eigenvalue weighted by Crippen LogP contribution is 2.34. The Kier molecular flexibility index (Phi) is 5.15. The molecule has 1 atom stereocenters. The van der Waals surface area contributed by atoms with Gasteiger partial charge in [0.15, 0.2) is 11.5 Å². The molecule has 1 aliphatic rings. The molecular formula is C17H22N2O3S. The van der Waals surface area contributed by atoms with Crippen molar-refractivity contribution in [1.29, 1.82) is 0 Å². The molecule has 0 bridgehead atoms. The molecule has 0 amide bonds. The molecule has 3 rings (SSSR count). The minimum Gasteiger partial charge on any atom is -0.493 e. The van der Waals surface area contributed by atoms with Crippen LogP contribution in [0.15, 0.2) is 23.6 Å². The zero-order valence-electron chi connectivity index (χ0n) is 13.5. The lowest BCUT2D eigenvalue weighted by Crippen LogP contribution is -2.21. The van der Waals surface area contributed by atoms with Gasteiger partial charge in [0, 0.05) is 30.6 Å². The molecule has 2 aromatic rings. The average molecular weight is 334 g/mol. The van der Waals surface area contributed by atoms with Crippen LogP contribution in [0.5, 0.6) is 11.5 Å². The average Bonchev–Trinajstić information content (AvgIpc) is 3.18. The van der Waals surface area contributed by atoms with Gasteiger partial charge in [0.05, 0.1) is 25.5 Å². The Hall–Kier alpha value is -1.63. The Balaban J connectivity index is 1.74. The molecule has 23 heavy (non-hydrogen) atoms. The lowest BCUT2D eigenvalue weighted by molar-refractivity contribution is 0.174. The number of rotatable bonds is 6. The Bertz CT molecular complexity index is 659. The van der Waals surface area contributed by atoms with E-state index < -0.39 is 0 Å². The van der Waals surface area contributed by atoms with Gasteiger partial charge in [-0.2, -0.15) is 0 Å². The van der Waals surface area contributed by atoms with Crippen LogP contribution in [-0.2, 0) is 6.54 Å². The Morgan fingerprint density at radius 2 is 2.26 bits per heavy atom. The molecule has 0 aliphatic carbocycles. The maximum Gasteiger partial charge on any atom is 0.161 e. The van der Waals surface area contributed by atoms with Crippen molar-refractivity contribution in [2.75, 3.05) is 26.8 Å². The summed E-state index contributed by atoms with van der Waals surface area (Å²) in [5.74, 6) is 1.48. The fourth-order valence-corrected chi connectivity index (χ4v) is 3.58. The monoisotopic (exact) mass is 334 g/mol. The molecule has 0 spiro atoms. The second kappa shape index (κ2) is 7.29. The van der Waals surface area contributed by atoms with Crippen LogP contribution in [0.4, 0.5) is 0 Å². The van der Waals surface area contributed by atoms with Crippen LogP contribution >= 0.6 is 11.3 Å². The molecule has 1 aliphatic heterocycles. The van der Waals surface area contributed by atoms with Gasteiger partial charge in [-0.15, -0.1) is 11.3 Å². The summed E-state index contributed by atoms with van der Waals surface area (Å²) >= 11 is 1.63. The number of hydrogen-bond donors (Lipinski definition) is 1. The summed E-state index contributed by atoms with van der Waals surface area (Å²) in [5, 5.41) is 12.7. The van der Waals surface area contributed by atoms with Crippen molar-refractivity contribution in [3.05, 3.63) is 29.3 Å². The SMILES string of the molecule is CCOc1ccc(-c2nc(CN3CC[C@H](O)C3)cs2)cc1OC. The summed E-state index contributed by atoms with van der Waals surface area (Å²) in [6.45, 7) is 5.03. The van der Waals surface area contributed by atoms with Crippen molar-refractivity contribution in [2.45, 2.75) is 26.0 Å². The van der Waals surface area contributed by atoms with Gasteiger partial charge in [-0.05, 0) is 31.5 Å². The van der Waals surface area contributed by atoms with Gasteiger partial charge in [-0.3, -0.25) is 4.90 Å². The number of methoxy groups -OCH3 is 1. The largest absolute Gasteiger partial charge is 0.493 e. The minimum absolute atomic E-state index is 0.191. The molecule has 0 unspecified atom stereocenters. The predicted molar refractivity (Wildman–Crippen MR) is 91.2 cm³/mol. The van der Waals surface area contributed by atoms with Gasteiger partial charge >= 0.3 is 0 Å². The van der Waals surface area contributed by atoms with Crippen LogP contribution in [0.25, 0.3) is 10.6 Å². The number of aliphatic hydroxyl groups excluding tert-OH is 1. The number of aromatic nitrogens is 1. The fourth-order valence-electron chi connectivity index (χ4n) is 2.77. The predicted octanol–water partition coefficient (Wildman–Crippen LogP) is 2.78. The number of benzene rings is 1. The standard InChI is InChI=1S/C17H22N2O3S/c1-3-22-15-5-4-12(8-16(15)21-2)17-18-13(11-23-17)9-19-7-6-14(20)10-19/h4-5,8,11,14,20H,3,6-7,9-10H2,1-2H3/t14-/m0/s1. The van der Waals surface area contributed by atoms with Crippen molar-refractivity contribution in [2.24, 2.45) is 0 Å². The van der Waals surface area contributed by atoms with Crippen molar-refractivity contribution in [1.82, 2.24) is 9.88 Å². The maximum atomic E-state index is 9.60. The lowest BCUT2D eigenvalue weighted by Gasteiger charge is -2.12. The first-order valence-electron chi connectivity index (χ1n) is 7.85. The highest BCUT2D eigenvalue weighted by molar-refractivity contribution is 7.13. The summed E-state index contributed by atoms with van der Waals surface area (Å²) < 4.78 is 11.0. The van der Waals surface area contributed by atoms with Crippen LogP contribution in [-0.4, -0.2) is 47.9 Å². The van der Waals surface area contributed by atoms with Crippen LogP contribution in [0.3, 0.4) is 0 Å². The van der Waals surface area contributed by atoms with Gasteiger partial charge in [0.1, 0.15) is 5.01 Å². The third-order valence-corrected chi connectivity index (χ3v) is 4.84. The highest BCUT2D eigenvalue weighted by atomic mass is 32.1. The fraction of sp³-hybridized carbons (Fsp3) is 0.471. The van der Waals surface area contributed by atoms with Crippen molar-refractivity contribution in [3.63, 3.8) is 0 Å². The van der Waals surface area contributed by atoms with E-state index in [0.29, 0.717) is 6.61 Å². The van der Waals surface area contributed by atoms with E-state index in [2.05, 4.69) is 10.3 Å². The van der Waals surface area contributed by atoms with Crippen LogP contribution in [0.1, 0.15) is 19.0 Å². The normalized spacial score (nSPS) is 18.3. The minimum atomic E-state index is -0.191. The van der Waals surface area contributed by atoms with Crippen molar-refractivity contribution >= 4 is 11.3 Å². The number of likely N-dealkylation sites (tertiary alicyclic amines) is 1. The quantitative estimate of drug-likeness (QED) is 0.880. The summed E-state index contributed by atoms with van der Waals surface area (Å²) in [5.41, 5.74) is 2.08. The third-order valence-electron chi connectivity index (χ3n) is 3.90. The summed E-state index contributed by atoms with van der Waals surface area (Å²) in [6, 6.07) is 5.90. The molecule has 6 heteroatoms. The summed E-state index contributed by atoms with van der Waals surface area (Å²) in [7, 11) is 1.65.